The van der Waals surface area contributed by atoms with Crippen molar-refractivity contribution in [3.8, 4) is 24.7 Å². The van der Waals surface area contributed by atoms with Crippen molar-refractivity contribution in [2.45, 2.75) is 12.8 Å². The Morgan fingerprint density at radius 1 is 0.538 bits per heavy atom. The third-order valence-electron chi connectivity index (χ3n) is 4.10. The monoisotopic (exact) mass is 366 g/mol. The van der Waals surface area contributed by atoms with E-state index in [0.717, 1.165) is 52.1 Å². The van der Waals surface area contributed by atoms with Gasteiger partial charge in [0, 0.05) is 52.1 Å². The van der Waals surface area contributed by atoms with E-state index in [4.69, 9.17) is 31.8 Å². The number of terminal acetylenes is 2. The first-order valence-electron chi connectivity index (χ1n) is 9.49. The predicted molar refractivity (Wildman–Crippen MR) is 103 cm³/mol. The van der Waals surface area contributed by atoms with Gasteiger partial charge in [0.05, 0.1) is 52.9 Å². The number of ether oxygens (including phenoxy) is 4. The lowest BCUT2D eigenvalue weighted by atomic mass is 10.4. The first-order valence-corrected chi connectivity index (χ1v) is 9.49. The Labute approximate surface area is 159 Å². The number of hydrogen-bond acceptors (Lipinski definition) is 6. The van der Waals surface area contributed by atoms with Gasteiger partial charge in [-0.25, -0.2) is 0 Å². The molecule has 6 heteroatoms. The van der Waals surface area contributed by atoms with Crippen LogP contribution in [0.4, 0.5) is 0 Å². The standard InChI is InChI=1S/C20H34N2O4/c1-3-5-7-21-9-13-23-17-19-25-15-11-22(8-6-4-2)12-16-26-20-18-24-14-10-21/h1-2H,5-20H2. The molecule has 148 valence electrons. The molecular weight excluding hydrogens is 332 g/mol. The maximum Gasteiger partial charge on any atom is 0.0701 e. The van der Waals surface area contributed by atoms with E-state index >= 15 is 0 Å². The Morgan fingerprint density at radius 3 is 1.12 bits per heavy atom. The van der Waals surface area contributed by atoms with E-state index in [9.17, 15) is 0 Å². The van der Waals surface area contributed by atoms with Gasteiger partial charge in [-0.15, -0.1) is 24.7 Å². The predicted octanol–water partition coefficient (Wildman–Crippen LogP) is 0.717. The first-order chi connectivity index (χ1) is 12.9. The van der Waals surface area contributed by atoms with Crippen LogP contribution in [-0.4, -0.2) is 102 Å². The van der Waals surface area contributed by atoms with Crippen LogP contribution in [-0.2, 0) is 18.9 Å². The van der Waals surface area contributed by atoms with Gasteiger partial charge >= 0.3 is 0 Å². The maximum absolute atomic E-state index is 5.66. The maximum atomic E-state index is 5.66. The molecule has 0 aromatic heterocycles. The molecule has 0 aliphatic carbocycles. The third-order valence-corrected chi connectivity index (χ3v) is 4.10. The van der Waals surface area contributed by atoms with Gasteiger partial charge < -0.3 is 18.9 Å². The summed E-state index contributed by atoms with van der Waals surface area (Å²) < 4.78 is 22.6. The van der Waals surface area contributed by atoms with Crippen molar-refractivity contribution < 1.29 is 18.9 Å². The Balaban J connectivity index is 2.34. The zero-order valence-electron chi connectivity index (χ0n) is 16.0. The van der Waals surface area contributed by atoms with E-state index in [0.29, 0.717) is 52.9 Å². The van der Waals surface area contributed by atoms with Crippen LogP contribution in [0.5, 0.6) is 0 Å². The highest BCUT2D eigenvalue weighted by atomic mass is 16.5. The van der Waals surface area contributed by atoms with Crippen molar-refractivity contribution in [2.75, 3.05) is 92.1 Å². The smallest absolute Gasteiger partial charge is 0.0701 e. The van der Waals surface area contributed by atoms with Crippen LogP contribution in [0, 0.1) is 24.7 Å². The van der Waals surface area contributed by atoms with Gasteiger partial charge in [-0.3, -0.25) is 9.80 Å². The average Bonchev–Trinajstić information content (AvgIpc) is 2.65. The molecule has 0 aromatic rings. The summed E-state index contributed by atoms with van der Waals surface area (Å²) in [6.45, 7) is 10.2. The lowest BCUT2D eigenvalue weighted by Gasteiger charge is -2.22. The van der Waals surface area contributed by atoms with E-state index < -0.39 is 0 Å². The topological polar surface area (TPSA) is 43.4 Å². The molecular formula is C20H34N2O4. The molecule has 1 saturated heterocycles. The van der Waals surface area contributed by atoms with Crippen molar-refractivity contribution >= 4 is 0 Å². The molecule has 26 heavy (non-hydrogen) atoms. The van der Waals surface area contributed by atoms with Crippen molar-refractivity contribution in [1.82, 2.24) is 9.80 Å². The highest BCUT2D eigenvalue weighted by Gasteiger charge is 2.06. The second-order valence-corrected chi connectivity index (χ2v) is 6.04. The van der Waals surface area contributed by atoms with Crippen LogP contribution >= 0.6 is 0 Å². The Hall–Kier alpha value is -1.12. The lowest BCUT2D eigenvalue weighted by Crippen LogP contribution is -2.33. The van der Waals surface area contributed by atoms with E-state index in [1.165, 1.54) is 0 Å². The summed E-state index contributed by atoms with van der Waals surface area (Å²) in [5, 5.41) is 0. The fraction of sp³-hybridized carbons (Fsp3) is 0.800. The van der Waals surface area contributed by atoms with E-state index in [1.54, 1.807) is 0 Å². The van der Waals surface area contributed by atoms with Gasteiger partial charge in [0.15, 0.2) is 0 Å². The molecule has 0 amide bonds. The largest absolute Gasteiger partial charge is 0.378 e. The molecule has 0 aromatic carbocycles. The third kappa shape index (κ3) is 13.1. The quantitative estimate of drug-likeness (QED) is 0.683. The SMILES string of the molecule is C#CCCN1CCOCCOCCN(CCC#C)CCOCCOCC1. The fourth-order valence-corrected chi connectivity index (χ4v) is 2.53. The summed E-state index contributed by atoms with van der Waals surface area (Å²) in [6.07, 6.45) is 12.2. The summed E-state index contributed by atoms with van der Waals surface area (Å²) in [7, 11) is 0. The van der Waals surface area contributed by atoms with Crippen LogP contribution in [0.15, 0.2) is 0 Å². The molecule has 1 rings (SSSR count). The van der Waals surface area contributed by atoms with Gasteiger partial charge in [-0.05, 0) is 0 Å². The summed E-state index contributed by atoms with van der Waals surface area (Å²) in [4.78, 5) is 4.54. The summed E-state index contributed by atoms with van der Waals surface area (Å²) >= 11 is 0. The fourth-order valence-electron chi connectivity index (χ4n) is 2.53. The highest BCUT2D eigenvalue weighted by Crippen LogP contribution is 1.95. The Kier molecular flexibility index (Phi) is 15.3. The second kappa shape index (κ2) is 17.3. The Bertz CT molecular complexity index is 348. The van der Waals surface area contributed by atoms with Crippen molar-refractivity contribution in [3.63, 3.8) is 0 Å². The lowest BCUT2D eigenvalue weighted by molar-refractivity contribution is 0.00859. The van der Waals surface area contributed by atoms with Crippen molar-refractivity contribution in [1.29, 1.82) is 0 Å². The molecule has 0 saturated carbocycles. The highest BCUT2D eigenvalue weighted by molar-refractivity contribution is 4.85. The molecule has 1 fully saturated rings. The second-order valence-electron chi connectivity index (χ2n) is 6.04. The van der Waals surface area contributed by atoms with Crippen LogP contribution in [0.25, 0.3) is 0 Å². The molecule has 0 spiro atoms. The van der Waals surface area contributed by atoms with Crippen molar-refractivity contribution in [2.24, 2.45) is 0 Å². The zero-order chi connectivity index (χ0) is 18.7. The molecule has 0 N–H and O–H groups in total. The minimum Gasteiger partial charge on any atom is -0.378 e. The van der Waals surface area contributed by atoms with E-state index in [-0.39, 0.29) is 0 Å². The average molecular weight is 367 g/mol. The van der Waals surface area contributed by atoms with Gasteiger partial charge in [-0.2, -0.15) is 0 Å². The van der Waals surface area contributed by atoms with Crippen LogP contribution < -0.4 is 0 Å². The molecule has 6 nitrogen and oxygen atoms in total. The first kappa shape index (κ1) is 22.9. The number of nitrogens with zero attached hydrogens (tertiary/aromatic N) is 2. The van der Waals surface area contributed by atoms with Crippen molar-refractivity contribution in [3.05, 3.63) is 0 Å². The van der Waals surface area contributed by atoms with Crippen LogP contribution in [0.1, 0.15) is 12.8 Å². The molecule has 1 aliphatic rings. The van der Waals surface area contributed by atoms with Gasteiger partial charge in [0.25, 0.3) is 0 Å². The van der Waals surface area contributed by atoms with E-state index in [1.807, 2.05) is 0 Å². The van der Waals surface area contributed by atoms with E-state index in [2.05, 4.69) is 21.6 Å². The summed E-state index contributed by atoms with van der Waals surface area (Å²) in [5.41, 5.74) is 0. The van der Waals surface area contributed by atoms with Crippen LogP contribution in [0.2, 0.25) is 0 Å². The zero-order valence-corrected chi connectivity index (χ0v) is 16.0. The van der Waals surface area contributed by atoms with Gasteiger partial charge in [0.2, 0.25) is 0 Å². The minimum atomic E-state index is 0.604. The molecule has 1 heterocycles. The molecule has 0 bridgehead atoms. The number of hydrogen-bond donors (Lipinski definition) is 0. The summed E-state index contributed by atoms with van der Waals surface area (Å²) in [5.74, 6) is 5.37. The normalized spacial score (nSPS) is 21.2. The summed E-state index contributed by atoms with van der Waals surface area (Å²) in [6, 6.07) is 0. The van der Waals surface area contributed by atoms with Gasteiger partial charge in [-0.1, -0.05) is 0 Å². The number of rotatable bonds is 4. The van der Waals surface area contributed by atoms with Crippen LogP contribution in [0.3, 0.4) is 0 Å². The minimum absolute atomic E-state index is 0.604. The molecule has 0 atom stereocenters. The molecule has 1 aliphatic heterocycles. The molecule has 0 unspecified atom stereocenters. The Morgan fingerprint density at radius 2 is 0.846 bits per heavy atom. The molecule has 0 radical (unpaired) electrons. The van der Waals surface area contributed by atoms with Gasteiger partial charge in [0.1, 0.15) is 0 Å².